The summed E-state index contributed by atoms with van der Waals surface area (Å²) in [5, 5.41) is 0. The van der Waals surface area contributed by atoms with E-state index in [2.05, 4.69) is 49.4 Å². The highest BCUT2D eigenvalue weighted by Gasteiger charge is 2.64. The van der Waals surface area contributed by atoms with Crippen molar-refractivity contribution in [3.63, 3.8) is 0 Å². The summed E-state index contributed by atoms with van der Waals surface area (Å²) in [6.45, 7) is 12.1. The summed E-state index contributed by atoms with van der Waals surface area (Å²) < 4.78 is 0.517. The Hall–Kier alpha value is 0.270. The predicted molar refractivity (Wildman–Crippen MR) is 63.8 cm³/mol. The molecule has 2 heterocycles. The van der Waals surface area contributed by atoms with Crippen LogP contribution in [0.4, 0.5) is 0 Å². The number of hydrogen-bond acceptors (Lipinski definition) is 3. The van der Waals surface area contributed by atoms with Gasteiger partial charge in [0, 0.05) is 30.9 Å². The van der Waals surface area contributed by atoms with Gasteiger partial charge in [-0.05, 0) is 27.3 Å². The molecule has 0 aliphatic carbocycles. The van der Waals surface area contributed by atoms with E-state index in [9.17, 15) is 0 Å². The zero-order valence-electron chi connectivity index (χ0n) is 9.84. The average Bonchev–Trinajstić information content (AvgIpc) is 2.73. The Bertz CT molecular complexity index is 225. The quantitative estimate of drug-likeness (QED) is 0.648. The minimum absolute atomic E-state index is 0.434. The van der Waals surface area contributed by atoms with Crippen molar-refractivity contribution in [1.29, 1.82) is 0 Å². The lowest BCUT2D eigenvalue weighted by molar-refractivity contribution is 0.104. The molecule has 0 aromatic carbocycles. The standard InChI is InChI=1S/C11H22N2S/c1-5-10(2)11(3,14-10)13-8-6-12(4)7-9-13/h5-9H2,1-4H3/t10-,11?/m1/s1. The molecule has 82 valence electrons. The molecule has 0 N–H and O–H groups in total. The van der Waals surface area contributed by atoms with E-state index in [1.54, 1.807) is 0 Å². The third-order valence-electron chi connectivity index (χ3n) is 4.14. The molecule has 0 radical (unpaired) electrons. The number of piperazine rings is 1. The highest BCUT2D eigenvalue weighted by molar-refractivity contribution is 8.09. The van der Waals surface area contributed by atoms with Crippen molar-refractivity contribution in [1.82, 2.24) is 9.80 Å². The van der Waals surface area contributed by atoms with Crippen LogP contribution in [-0.4, -0.2) is 52.6 Å². The summed E-state index contributed by atoms with van der Waals surface area (Å²) in [7, 11) is 2.22. The van der Waals surface area contributed by atoms with Gasteiger partial charge in [0.2, 0.25) is 0 Å². The van der Waals surface area contributed by atoms with Crippen LogP contribution in [0.25, 0.3) is 0 Å². The first-order chi connectivity index (χ1) is 6.52. The van der Waals surface area contributed by atoms with Gasteiger partial charge in [-0.15, -0.1) is 11.8 Å². The maximum Gasteiger partial charge on any atom is 0.0795 e. The molecule has 0 saturated carbocycles. The lowest BCUT2D eigenvalue weighted by Crippen LogP contribution is -2.51. The third kappa shape index (κ3) is 1.50. The summed E-state index contributed by atoms with van der Waals surface area (Å²) >= 11 is 2.16. The maximum atomic E-state index is 2.68. The molecule has 2 atom stereocenters. The summed E-state index contributed by atoms with van der Waals surface area (Å²) in [5.41, 5.74) is 0. The predicted octanol–water partition coefficient (Wildman–Crippen LogP) is 1.87. The lowest BCUT2D eigenvalue weighted by atomic mass is 9.99. The molecule has 0 aromatic heterocycles. The zero-order chi connectivity index (χ0) is 10.4. The van der Waals surface area contributed by atoms with E-state index in [4.69, 9.17) is 0 Å². The normalized spacial score (nSPS) is 45.4. The molecule has 2 nitrogen and oxygen atoms in total. The molecule has 2 saturated heterocycles. The first-order valence-electron chi connectivity index (χ1n) is 5.65. The van der Waals surface area contributed by atoms with Gasteiger partial charge in [0.05, 0.1) is 4.87 Å². The second-order valence-corrected chi connectivity index (χ2v) is 6.86. The number of hydrogen-bond donors (Lipinski definition) is 0. The van der Waals surface area contributed by atoms with Gasteiger partial charge in [-0.3, -0.25) is 4.90 Å². The highest BCUT2D eigenvalue weighted by Crippen LogP contribution is 2.66. The number of likely N-dealkylation sites (N-methyl/N-ethyl adjacent to an activating group) is 1. The van der Waals surface area contributed by atoms with Gasteiger partial charge in [-0.2, -0.15) is 0 Å². The molecule has 2 rings (SSSR count). The zero-order valence-corrected chi connectivity index (χ0v) is 10.7. The Kier molecular flexibility index (Phi) is 2.61. The van der Waals surface area contributed by atoms with Gasteiger partial charge in [0.15, 0.2) is 0 Å². The second kappa shape index (κ2) is 3.39. The van der Waals surface area contributed by atoms with Crippen LogP contribution < -0.4 is 0 Å². The van der Waals surface area contributed by atoms with Crippen LogP contribution in [0.15, 0.2) is 0 Å². The van der Waals surface area contributed by atoms with Crippen LogP contribution in [0.3, 0.4) is 0 Å². The lowest BCUT2D eigenvalue weighted by Gasteiger charge is -2.37. The second-order valence-electron chi connectivity index (χ2n) is 4.96. The van der Waals surface area contributed by atoms with Crippen LogP contribution in [-0.2, 0) is 0 Å². The molecular formula is C11H22N2S. The van der Waals surface area contributed by atoms with E-state index < -0.39 is 0 Å². The summed E-state index contributed by atoms with van der Waals surface area (Å²) in [5.74, 6) is 0. The van der Waals surface area contributed by atoms with Gasteiger partial charge in [-0.1, -0.05) is 6.92 Å². The molecule has 0 bridgehead atoms. The molecule has 0 aromatic rings. The fourth-order valence-electron chi connectivity index (χ4n) is 2.45. The summed E-state index contributed by atoms with van der Waals surface area (Å²) in [6, 6.07) is 0. The highest BCUT2D eigenvalue weighted by atomic mass is 32.2. The van der Waals surface area contributed by atoms with E-state index in [0.29, 0.717) is 9.62 Å². The first kappa shape index (κ1) is 10.8. The molecule has 2 aliphatic heterocycles. The molecule has 0 amide bonds. The number of nitrogens with zero attached hydrogens (tertiary/aromatic N) is 2. The topological polar surface area (TPSA) is 6.48 Å². The fourth-order valence-corrected chi connectivity index (χ4v) is 4.00. The largest absolute Gasteiger partial charge is 0.304 e. The first-order valence-corrected chi connectivity index (χ1v) is 6.47. The minimum atomic E-state index is 0.434. The van der Waals surface area contributed by atoms with Crippen LogP contribution >= 0.6 is 11.8 Å². The van der Waals surface area contributed by atoms with Gasteiger partial charge < -0.3 is 4.90 Å². The Labute approximate surface area is 92.0 Å². The van der Waals surface area contributed by atoms with E-state index in [1.807, 2.05) is 0 Å². The van der Waals surface area contributed by atoms with Gasteiger partial charge >= 0.3 is 0 Å². The van der Waals surface area contributed by atoms with Gasteiger partial charge in [-0.25, -0.2) is 0 Å². The van der Waals surface area contributed by atoms with Crippen molar-refractivity contribution in [2.75, 3.05) is 33.2 Å². The van der Waals surface area contributed by atoms with Crippen molar-refractivity contribution in [2.24, 2.45) is 0 Å². The van der Waals surface area contributed by atoms with Crippen molar-refractivity contribution >= 4 is 11.8 Å². The molecule has 0 spiro atoms. The number of rotatable bonds is 2. The molecule has 3 heteroatoms. The minimum Gasteiger partial charge on any atom is -0.304 e. The van der Waals surface area contributed by atoms with Crippen LogP contribution in [0, 0.1) is 0 Å². The summed E-state index contributed by atoms with van der Waals surface area (Å²) in [6.07, 6.45) is 1.29. The van der Waals surface area contributed by atoms with Gasteiger partial charge in [0.1, 0.15) is 0 Å². The van der Waals surface area contributed by atoms with Crippen molar-refractivity contribution in [2.45, 2.75) is 36.8 Å². The van der Waals surface area contributed by atoms with Crippen LogP contribution in [0.1, 0.15) is 27.2 Å². The maximum absolute atomic E-state index is 2.68. The Morgan fingerprint density at radius 3 is 2.14 bits per heavy atom. The Morgan fingerprint density at radius 1 is 1.14 bits per heavy atom. The van der Waals surface area contributed by atoms with Gasteiger partial charge in [0.25, 0.3) is 0 Å². The van der Waals surface area contributed by atoms with Crippen molar-refractivity contribution < 1.29 is 0 Å². The monoisotopic (exact) mass is 214 g/mol. The third-order valence-corrected chi connectivity index (χ3v) is 6.18. The Morgan fingerprint density at radius 2 is 1.71 bits per heavy atom. The SMILES string of the molecule is CC[C@@]1(C)SC1(C)N1CCN(C)CC1. The van der Waals surface area contributed by atoms with Crippen LogP contribution in [0.5, 0.6) is 0 Å². The summed E-state index contributed by atoms with van der Waals surface area (Å²) in [4.78, 5) is 5.54. The molecular weight excluding hydrogens is 192 g/mol. The van der Waals surface area contributed by atoms with E-state index in [-0.39, 0.29) is 0 Å². The fraction of sp³-hybridized carbons (Fsp3) is 1.00. The average molecular weight is 214 g/mol. The van der Waals surface area contributed by atoms with Crippen LogP contribution in [0.2, 0.25) is 0 Å². The van der Waals surface area contributed by atoms with Crippen molar-refractivity contribution in [3.8, 4) is 0 Å². The van der Waals surface area contributed by atoms with E-state index in [0.717, 1.165) is 0 Å². The molecule has 14 heavy (non-hydrogen) atoms. The molecule has 2 aliphatic rings. The Balaban J connectivity index is 1.97. The molecule has 1 unspecified atom stereocenters. The molecule has 2 fully saturated rings. The van der Waals surface area contributed by atoms with Crippen molar-refractivity contribution in [3.05, 3.63) is 0 Å². The van der Waals surface area contributed by atoms with E-state index in [1.165, 1.54) is 32.6 Å². The van der Waals surface area contributed by atoms with E-state index >= 15 is 0 Å². The smallest absolute Gasteiger partial charge is 0.0795 e. The number of thioether (sulfide) groups is 1.